The van der Waals surface area contributed by atoms with E-state index in [4.69, 9.17) is 0 Å². The molecular weight excluding hydrogens is 220 g/mol. The van der Waals surface area contributed by atoms with E-state index in [1.807, 2.05) is 0 Å². The van der Waals surface area contributed by atoms with Gasteiger partial charge in [-0.15, -0.1) is 0 Å². The summed E-state index contributed by atoms with van der Waals surface area (Å²) in [5, 5.41) is 16.1. The summed E-state index contributed by atoms with van der Waals surface area (Å²) in [6.45, 7) is 0.884. The predicted molar refractivity (Wildman–Crippen MR) is 61.0 cm³/mol. The van der Waals surface area contributed by atoms with Gasteiger partial charge in [0.15, 0.2) is 0 Å². The molecule has 0 unspecified atom stereocenters. The molecule has 1 fully saturated rings. The molecule has 1 heterocycles. The van der Waals surface area contributed by atoms with Gasteiger partial charge in [0.05, 0.1) is 6.61 Å². The maximum absolute atomic E-state index is 11.6. The highest BCUT2D eigenvalue weighted by Gasteiger charge is 2.33. The second kappa shape index (κ2) is 5.27. The van der Waals surface area contributed by atoms with Crippen LogP contribution in [0.5, 0.6) is 0 Å². The van der Waals surface area contributed by atoms with Crippen molar-refractivity contribution in [2.24, 2.45) is 5.41 Å². The molecule has 0 atom stereocenters. The highest BCUT2D eigenvalue weighted by molar-refractivity contribution is 5.75. The number of hydrogen-bond acceptors (Lipinski definition) is 4. The lowest BCUT2D eigenvalue weighted by Gasteiger charge is -2.26. The average molecular weight is 238 g/mol. The first-order valence-corrected chi connectivity index (χ1v) is 5.94. The number of rotatable bonds is 5. The summed E-state index contributed by atoms with van der Waals surface area (Å²) in [7, 11) is 0. The topological polar surface area (TPSA) is 80.0 Å². The fourth-order valence-corrected chi connectivity index (χ4v) is 2.32. The maximum atomic E-state index is 11.6. The molecule has 0 spiro atoms. The van der Waals surface area contributed by atoms with Crippen molar-refractivity contribution >= 4 is 5.91 Å². The number of carbonyl (C=O) groups excluding carboxylic acids is 1. The van der Waals surface area contributed by atoms with Crippen molar-refractivity contribution < 1.29 is 9.90 Å². The number of hydrogen-bond donors (Lipinski definition) is 2. The van der Waals surface area contributed by atoms with E-state index in [2.05, 4.69) is 15.4 Å². The fraction of sp³-hybridized carbons (Fsp3) is 0.727. The van der Waals surface area contributed by atoms with Gasteiger partial charge in [-0.25, -0.2) is 9.67 Å². The van der Waals surface area contributed by atoms with Gasteiger partial charge in [0.2, 0.25) is 5.91 Å². The molecule has 6 heteroatoms. The largest absolute Gasteiger partial charge is 0.396 e. The van der Waals surface area contributed by atoms with Crippen LogP contribution in [0.25, 0.3) is 0 Å². The number of amides is 1. The van der Waals surface area contributed by atoms with Gasteiger partial charge >= 0.3 is 0 Å². The summed E-state index contributed by atoms with van der Waals surface area (Å²) in [5.41, 5.74) is -0.0992. The van der Waals surface area contributed by atoms with Crippen LogP contribution in [0.1, 0.15) is 25.7 Å². The minimum absolute atomic E-state index is 0.0878. The number of nitrogens with one attached hydrogen (secondary N) is 1. The molecule has 2 rings (SSSR count). The summed E-state index contributed by atoms with van der Waals surface area (Å²) >= 11 is 0. The van der Waals surface area contributed by atoms with E-state index < -0.39 is 0 Å². The third kappa shape index (κ3) is 3.03. The molecule has 1 aliphatic carbocycles. The molecule has 1 saturated carbocycles. The van der Waals surface area contributed by atoms with Gasteiger partial charge in [0.1, 0.15) is 19.2 Å². The standard InChI is InChI=1S/C11H18N4O2/c16-7-11(3-1-2-4-11)6-13-10(17)5-15-9-12-8-14-15/h8-9,16H,1-7H2,(H,13,17). The van der Waals surface area contributed by atoms with Crippen LogP contribution in [0.15, 0.2) is 12.7 Å². The number of aliphatic hydroxyl groups excluding tert-OH is 1. The second-order valence-electron chi connectivity index (χ2n) is 4.74. The Morgan fingerprint density at radius 2 is 2.24 bits per heavy atom. The van der Waals surface area contributed by atoms with Crippen LogP contribution >= 0.6 is 0 Å². The number of nitrogens with zero attached hydrogens (tertiary/aromatic N) is 3. The molecule has 6 nitrogen and oxygen atoms in total. The van der Waals surface area contributed by atoms with Crippen molar-refractivity contribution in [3.8, 4) is 0 Å². The number of aliphatic hydroxyl groups is 1. The molecule has 0 radical (unpaired) electrons. The van der Waals surface area contributed by atoms with E-state index >= 15 is 0 Å². The highest BCUT2D eigenvalue weighted by Crippen LogP contribution is 2.36. The maximum Gasteiger partial charge on any atom is 0.241 e. The summed E-state index contributed by atoms with van der Waals surface area (Å²) in [4.78, 5) is 15.4. The third-order valence-corrected chi connectivity index (χ3v) is 3.43. The Kier molecular flexibility index (Phi) is 3.73. The fourth-order valence-electron chi connectivity index (χ4n) is 2.32. The second-order valence-corrected chi connectivity index (χ2v) is 4.74. The van der Waals surface area contributed by atoms with Crippen molar-refractivity contribution in [3.63, 3.8) is 0 Å². The Labute approximate surface area is 100 Å². The van der Waals surface area contributed by atoms with Crippen LogP contribution in [0.4, 0.5) is 0 Å². The molecule has 0 saturated heterocycles. The van der Waals surface area contributed by atoms with Gasteiger partial charge in [-0.05, 0) is 12.8 Å². The Bertz CT molecular complexity index is 358. The van der Waals surface area contributed by atoms with Crippen molar-refractivity contribution in [2.45, 2.75) is 32.2 Å². The smallest absolute Gasteiger partial charge is 0.241 e. The lowest BCUT2D eigenvalue weighted by atomic mass is 9.87. The van der Waals surface area contributed by atoms with Crippen molar-refractivity contribution in [2.75, 3.05) is 13.2 Å². The molecule has 1 aromatic rings. The third-order valence-electron chi connectivity index (χ3n) is 3.43. The predicted octanol–water partition coefficient (Wildman–Crippen LogP) is -0.0530. The molecule has 1 amide bonds. The number of carbonyl (C=O) groups is 1. The SMILES string of the molecule is O=C(Cn1cncn1)NCC1(CO)CCCC1. The summed E-state index contributed by atoms with van der Waals surface area (Å²) in [5.74, 6) is -0.0878. The van der Waals surface area contributed by atoms with Gasteiger partial charge in [0, 0.05) is 12.0 Å². The zero-order valence-corrected chi connectivity index (χ0v) is 9.80. The van der Waals surface area contributed by atoms with E-state index in [-0.39, 0.29) is 24.5 Å². The minimum atomic E-state index is -0.0992. The van der Waals surface area contributed by atoms with E-state index in [1.165, 1.54) is 17.3 Å². The Morgan fingerprint density at radius 3 is 2.82 bits per heavy atom. The van der Waals surface area contributed by atoms with Crippen LogP contribution in [0.2, 0.25) is 0 Å². The van der Waals surface area contributed by atoms with E-state index in [0.29, 0.717) is 6.54 Å². The first kappa shape index (κ1) is 12.0. The molecular formula is C11H18N4O2. The zero-order chi connectivity index (χ0) is 12.1. The van der Waals surface area contributed by atoms with Gasteiger partial charge in [0.25, 0.3) is 0 Å². The monoisotopic (exact) mass is 238 g/mol. The molecule has 0 aromatic carbocycles. The molecule has 0 aliphatic heterocycles. The molecule has 0 bridgehead atoms. The zero-order valence-electron chi connectivity index (χ0n) is 9.80. The Morgan fingerprint density at radius 1 is 1.47 bits per heavy atom. The van der Waals surface area contributed by atoms with Crippen LogP contribution in [-0.2, 0) is 11.3 Å². The summed E-state index contributed by atoms with van der Waals surface area (Å²) in [6, 6.07) is 0. The van der Waals surface area contributed by atoms with Gasteiger partial charge in [-0.1, -0.05) is 12.8 Å². The summed E-state index contributed by atoms with van der Waals surface area (Å²) < 4.78 is 1.48. The molecule has 2 N–H and O–H groups in total. The lowest BCUT2D eigenvalue weighted by Crippen LogP contribution is -2.39. The van der Waals surface area contributed by atoms with Crippen molar-refractivity contribution in [1.82, 2.24) is 20.1 Å². The van der Waals surface area contributed by atoms with Crippen molar-refractivity contribution in [1.29, 1.82) is 0 Å². The van der Waals surface area contributed by atoms with Crippen LogP contribution < -0.4 is 5.32 Å². The van der Waals surface area contributed by atoms with Crippen LogP contribution in [0, 0.1) is 5.41 Å². The van der Waals surface area contributed by atoms with Crippen LogP contribution in [0.3, 0.4) is 0 Å². The Balaban J connectivity index is 1.79. The molecule has 1 aromatic heterocycles. The summed E-state index contributed by atoms with van der Waals surface area (Å²) in [6.07, 6.45) is 7.18. The van der Waals surface area contributed by atoms with E-state index in [0.717, 1.165) is 25.7 Å². The lowest BCUT2D eigenvalue weighted by molar-refractivity contribution is -0.122. The normalized spacial score (nSPS) is 18.2. The molecule has 17 heavy (non-hydrogen) atoms. The van der Waals surface area contributed by atoms with E-state index in [9.17, 15) is 9.90 Å². The highest BCUT2D eigenvalue weighted by atomic mass is 16.3. The van der Waals surface area contributed by atoms with Gasteiger partial charge in [-0.3, -0.25) is 4.79 Å². The van der Waals surface area contributed by atoms with Crippen molar-refractivity contribution in [3.05, 3.63) is 12.7 Å². The molecule has 94 valence electrons. The average Bonchev–Trinajstić information content (AvgIpc) is 2.98. The van der Waals surface area contributed by atoms with E-state index in [1.54, 1.807) is 0 Å². The van der Waals surface area contributed by atoms with Gasteiger partial charge in [-0.2, -0.15) is 5.10 Å². The number of aromatic nitrogens is 3. The van der Waals surface area contributed by atoms with Gasteiger partial charge < -0.3 is 10.4 Å². The first-order chi connectivity index (χ1) is 8.24. The molecule has 1 aliphatic rings. The first-order valence-electron chi connectivity index (χ1n) is 5.94. The Hall–Kier alpha value is -1.43. The quantitative estimate of drug-likeness (QED) is 0.753. The van der Waals surface area contributed by atoms with Crippen LogP contribution in [-0.4, -0.2) is 38.9 Å². The minimum Gasteiger partial charge on any atom is -0.396 e.